The van der Waals surface area contributed by atoms with Gasteiger partial charge in [0.2, 0.25) is 0 Å². The maximum absolute atomic E-state index is 2.50. The largest absolute Gasteiger partial charge is 0.309 e. The first-order chi connectivity index (χ1) is 25.1. The summed E-state index contributed by atoms with van der Waals surface area (Å²) >= 11 is 0. The van der Waals surface area contributed by atoms with E-state index in [-0.39, 0.29) is 5.41 Å². The summed E-state index contributed by atoms with van der Waals surface area (Å²) in [5, 5.41) is 7.65. The Bertz CT molecular complexity index is 3040. The zero-order valence-corrected chi connectivity index (χ0v) is 28.6. The van der Waals surface area contributed by atoms with Crippen molar-refractivity contribution in [3.8, 4) is 33.6 Å². The molecule has 8 aromatic carbocycles. The lowest BCUT2D eigenvalue weighted by Gasteiger charge is -2.21. The molecule has 0 atom stereocenters. The third-order valence-electron chi connectivity index (χ3n) is 11.5. The van der Waals surface area contributed by atoms with Crippen LogP contribution in [0.15, 0.2) is 170 Å². The van der Waals surface area contributed by atoms with Crippen LogP contribution in [0.3, 0.4) is 0 Å². The lowest BCUT2D eigenvalue weighted by Crippen LogP contribution is -2.14. The Labute approximate surface area is 296 Å². The lowest BCUT2D eigenvalue weighted by atomic mass is 9.82. The predicted molar refractivity (Wildman–Crippen MR) is 216 cm³/mol. The van der Waals surface area contributed by atoms with Gasteiger partial charge < -0.3 is 9.13 Å². The van der Waals surface area contributed by atoms with Crippen LogP contribution < -0.4 is 0 Å². The molecule has 2 heterocycles. The van der Waals surface area contributed by atoms with Gasteiger partial charge in [0.25, 0.3) is 0 Å². The van der Waals surface area contributed by atoms with Crippen molar-refractivity contribution < 1.29 is 0 Å². The summed E-state index contributed by atoms with van der Waals surface area (Å²) in [6.07, 6.45) is 0. The van der Waals surface area contributed by atoms with Crippen LogP contribution in [-0.4, -0.2) is 9.13 Å². The number of hydrogen-bond donors (Lipinski definition) is 0. The van der Waals surface area contributed by atoms with Crippen LogP contribution in [0, 0.1) is 0 Å². The summed E-state index contributed by atoms with van der Waals surface area (Å²) in [6.45, 7) is 4.75. The number of aromatic nitrogens is 2. The molecule has 2 aromatic heterocycles. The molecule has 2 heteroatoms. The van der Waals surface area contributed by atoms with Crippen LogP contribution in [0.5, 0.6) is 0 Å². The molecule has 10 aromatic rings. The zero-order chi connectivity index (χ0) is 33.8. The molecule has 1 aliphatic rings. The quantitative estimate of drug-likeness (QED) is 0.180. The first kappa shape index (κ1) is 28.5. The SMILES string of the molecule is CC1(C)c2ccccc2-c2c1ccc1c2c2cc(-c3ccc4c(c3)c3ccccc3n4-c3ccccc3)ccc2n1-c1cccc2ccccc12. The van der Waals surface area contributed by atoms with Gasteiger partial charge in [0.1, 0.15) is 0 Å². The lowest BCUT2D eigenvalue weighted by molar-refractivity contribution is 0.661. The number of fused-ring (bicyclic) bond motifs is 11. The molecule has 0 bridgehead atoms. The molecular formula is C49H34N2. The zero-order valence-electron chi connectivity index (χ0n) is 28.6. The smallest absolute Gasteiger partial charge is 0.0547 e. The Balaban J connectivity index is 1.22. The predicted octanol–water partition coefficient (Wildman–Crippen LogP) is 13.0. The average molecular weight is 651 g/mol. The standard InChI is InChI=1S/C49H34N2/c1-49(2)40-20-10-8-19-37(40)47-41(49)25-28-46-48(47)39-30-33(24-27-45(39)51(46)42-22-12-14-31-13-6-7-17-35(31)42)32-23-26-44-38(29-32)36-18-9-11-21-43(36)50(44)34-15-4-3-5-16-34/h3-30H,1-2H3. The van der Waals surface area contributed by atoms with Crippen molar-refractivity contribution in [1.82, 2.24) is 9.13 Å². The van der Waals surface area contributed by atoms with Crippen LogP contribution in [0.1, 0.15) is 25.0 Å². The highest BCUT2D eigenvalue weighted by molar-refractivity contribution is 6.19. The number of para-hydroxylation sites is 2. The molecule has 0 saturated carbocycles. The maximum Gasteiger partial charge on any atom is 0.0547 e. The highest BCUT2D eigenvalue weighted by atomic mass is 15.0. The topological polar surface area (TPSA) is 9.86 Å². The van der Waals surface area contributed by atoms with Gasteiger partial charge in [-0.05, 0) is 93.4 Å². The van der Waals surface area contributed by atoms with Crippen molar-refractivity contribution in [3.05, 3.63) is 181 Å². The minimum atomic E-state index is -0.0798. The second kappa shape index (κ2) is 10.3. The fourth-order valence-electron chi connectivity index (χ4n) is 9.15. The van der Waals surface area contributed by atoms with E-state index in [0.29, 0.717) is 0 Å². The molecule has 2 nitrogen and oxygen atoms in total. The second-order valence-electron chi connectivity index (χ2n) is 14.5. The fourth-order valence-corrected chi connectivity index (χ4v) is 9.15. The van der Waals surface area contributed by atoms with E-state index < -0.39 is 0 Å². The highest BCUT2D eigenvalue weighted by Gasteiger charge is 2.37. The van der Waals surface area contributed by atoms with Gasteiger partial charge in [-0.1, -0.05) is 129 Å². The highest BCUT2D eigenvalue weighted by Crippen LogP contribution is 2.53. The molecule has 240 valence electrons. The van der Waals surface area contributed by atoms with Crippen LogP contribution in [0.25, 0.3) is 88.0 Å². The number of rotatable bonds is 3. The van der Waals surface area contributed by atoms with Crippen molar-refractivity contribution in [1.29, 1.82) is 0 Å². The Morgan fingerprint density at radius 1 is 0.412 bits per heavy atom. The van der Waals surface area contributed by atoms with Gasteiger partial charge in [-0.2, -0.15) is 0 Å². The number of nitrogens with zero attached hydrogens (tertiary/aromatic N) is 2. The molecule has 0 radical (unpaired) electrons. The third-order valence-corrected chi connectivity index (χ3v) is 11.5. The van der Waals surface area contributed by atoms with Crippen molar-refractivity contribution in [2.45, 2.75) is 19.3 Å². The van der Waals surface area contributed by atoms with Crippen LogP contribution in [-0.2, 0) is 5.41 Å². The molecule has 51 heavy (non-hydrogen) atoms. The monoisotopic (exact) mass is 650 g/mol. The van der Waals surface area contributed by atoms with E-state index in [0.717, 1.165) is 0 Å². The van der Waals surface area contributed by atoms with Crippen LogP contribution in [0.2, 0.25) is 0 Å². The Morgan fingerprint density at radius 2 is 1.04 bits per heavy atom. The van der Waals surface area contributed by atoms with Crippen molar-refractivity contribution >= 4 is 54.4 Å². The second-order valence-corrected chi connectivity index (χ2v) is 14.5. The summed E-state index contributed by atoms with van der Waals surface area (Å²) in [7, 11) is 0. The maximum atomic E-state index is 2.50. The van der Waals surface area contributed by atoms with E-state index in [2.05, 4.69) is 193 Å². The van der Waals surface area contributed by atoms with Gasteiger partial charge in [0.05, 0.1) is 27.8 Å². The normalized spacial score (nSPS) is 13.5. The number of hydrogen-bond acceptors (Lipinski definition) is 0. The first-order valence-corrected chi connectivity index (χ1v) is 17.9. The van der Waals surface area contributed by atoms with E-state index >= 15 is 0 Å². The molecule has 0 aliphatic heterocycles. The van der Waals surface area contributed by atoms with Gasteiger partial charge in [0.15, 0.2) is 0 Å². The molecule has 0 amide bonds. The van der Waals surface area contributed by atoms with Gasteiger partial charge >= 0.3 is 0 Å². The summed E-state index contributed by atoms with van der Waals surface area (Å²) in [5.41, 5.74) is 15.2. The van der Waals surface area contributed by atoms with Gasteiger partial charge in [-0.3, -0.25) is 0 Å². The molecule has 0 spiro atoms. The summed E-state index contributed by atoms with van der Waals surface area (Å²) in [5.74, 6) is 0. The molecule has 0 N–H and O–H groups in total. The minimum Gasteiger partial charge on any atom is -0.309 e. The van der Waals surface area contributed by atoms with E-state index in [9.17, 15) is 0 Å². The van der Waals surface area contributed by atoms with Gasteiger partial charge in [0, 0.05) is 38.0 Å². The minimum absolute atomic E-state index is 0.0798. The Kier molecular flexibility index (Phi) is 5.76. The fraction of sp³-hybridized carbons (Fsp3) is 0.0612. The van der Waals surface area contributed by atoms with E-state index in [4.69, 9.17) is 0 Å². The van der Waals surface area contributed by atoms with Crippen LogP contribution >= 0.6 is 0 Å². The van der Waals surface area contributed by atoms with Gasteiger partial charge in [-0.25, -0.2) is 0 Å². The van der Waals surface area contributed by atoms with Crippen molar-refractivity contribution in [2.24, 2.45) is 0 Å². The third kappa shape index (κ3) is 3.88. The molecular weight excluding hydrogens is 617 g/mol. The molecule has 1 aliphatic carbocycles. The number of benzene rings is 8. The van der Waals surface area contributed by atoms with Crippen molar-refractivity contribution in [3.63, 3.8) is 0 Å². The van der Waals surface area contributed by atoms with E-state index in [1.165, 1.54) is 99.1 Å². The molecule has 11 rings (SSSR count). The summed E-state index contributed by atoms with van der Waals surface area (Å²) < 4.78 is 4.89. The summed E-state index contributed by atoms with van der Waals surface area (Å²) in [4.78, 5) is 0. The average Bonchev–Trinajstić information content (AvgIpc) is 3.77. The first-order valence-electron chi connectivity index (χ1n) is 17.9. The van der Waals surface area contributed by atoms with E-state index in [1.807, 2.05) is 0 Å². The Hall–Kier alpha value is -6.38. The molecule has 0 fully saturated rings. The van der Waals surface area contributed by atoms with Crippen molar-refractivity contribution in [2.75, 3.05) is 0 Å². The molecule has 0 unspecified atom stereocenters. The van der Waals surface area contributed by atoms with Crippen LogP contribution in [0.4, 0.5) is 0 Å². The summed E-state index contributed by atoms with van der Waals surface area (Å²) in [6, 6.07) is 62.8. The Morgan fingerprint density at radius 3 is 1.88 bits per heavy atom. The van der Waals surface area contributed by atoms with E-state index in [1.54, 1.807) is 0 Å². The molecule has 0 saturated heterocycles. The van der Waals surface area contributed by atoms with Gasteiger partial charge in [-0.15, -0.1) is 0 Å².